The number of hydrogen-bond acceptors (Lipinski definition) is 7. The van der Waals surface area contributed by atoms with Crippen molar-refractivity contribution in [2.45, 2.75) is 45.9 Å². The Morgan fingerprint density at radius 2 is 1.14 bits per heavy atom. The average molecular weight is 346 g/mol. The summed E-state index contributed by atoms with van der Waals surface area (Å²) in [6.07, 6.45) is 0.476. The van der Waals surface area contributed by atoms with Gasteiger partial charge >= 0.3 is 15.2 Å². The molecule has 0 spiro atoms. The summed E-state index contributed by atoms with van der Waals surface area (Å²) in [7, 11) is -7.33. The minimum atomic E-state index is -3.66. The van der Waals surface area contributed by atoms with E-state index in [-0.39, 0.29) is 39.5 Å². The Kier molecular flexibility index (Phi) is 11.0. The van der Waals surface area contributed by atoms with Crippen molar-refractivity contribution in [1.29, 1.82) is 0 Å². The van der Waals surface area contributed by atoms with Crippen molar-refractivity contribution in [2.24, 2.45) is 0 Å². The molecule has 0 unspecified atom stereocenters. The van der Waals surface area contributed by atoms with Gasteiger partial charge in [-0.2, -0.15) is 0 Å². The van der Waals surface area contributed by atoms with Crippen LogP contribution in [0, 0.1) is 0 Å². The molecule has 9 heteroatoms. The normalized spacial score (nSPS) is 13.0. The molecule has 0 amide bonds. The maximum Gasteiger partial charge on any atom is 0.345 e. The SMILES string of the molecule is CCOP(=O)(OCC)C(CCCO)P(=O)(OCC)OCC. The second-order valence-corrected chi connectivity index (χ2v) is 8.94. The molecule has 128 valence electrons. The first-order chi connectivity index (χ1) is 9.94. The molecular weight excluding hydrogens is 318 g/mol. The molecule has 0 aliphatic rings. The smallest absolute Gasteiger partial charge is 0.345 e. The van der Waals surface area contributed by atoms with Crippen LogP contribution in [-0.4, -0.2) is 43.5 Å². The second kappa shape index (κ2) is 10.9. The molecule has 7 nitrogen and oxygen atoms in total. The Bertz CT molecular complexity index is 312. The van der Waals surface area contributed by atoms with Crippen LogP contribution in [-0.2, 0) is 27.2 Å². The van der Waals surface area contributed by atoms with Gasteiger partial charge in [0.25, 0.3) is 0 Å². The first-order valence-electron chi connectivity index (χ1n) is 7.32. The van der Waals surface area contributed by atoms with Gasteiger partial charge in [0.15, 0.2) is 5.40 Å². The van der Waals surface area contributed by atoms with Crippen molar-refractivity contribution < 1.29 is 32.3 Å². The summed E-state index contributed by atoms with van der Waals surface area (Å²) in [5.41, 5.74) is 0. The van der Waals surface area contributed by atoms with Crippen molar-refractivity contribution in [1.82, 2.24) is 0 Å². The molecule has 0 radical (unpaired) electrons. The van der Waals surface area contributed by atoms with Gasteiger partial charge in [0.2, 0.25) is 0 Å². The maximum absolute atomic E-state index is 13.0. The topological polar surface area (TPSA) is 91.3 Å². The lowest BCUT2D eigenvalue weighted by Crippen LogP contribution is -2.18. The molecule has 0 bridgehead atoms. The Hall–Kier alpha value is 0.260. The molecule has 0 saturated heterocycles. The Morgan fingerprint density at radius 1 is 0.810 bits per heavy atom. The molecule has 0 saturated carbocycles. The molecule has 0 aromatic heterocycles. The number of aliphatic hydroxyl groups is 1. The molecule has 0 rings (SSSR count). The second-order valence-electron chi connectivity index (χ2n) is 4.10. The number of hydrogen-bond donors (Lipinski definition) is 1. The van der Waals surface area contributed by atoms with Crippen molar-refractivity contribution in [3.05, 3.63) is 0 Å². The molecule has 0 fully saturated rings. The average Bonchev–Trinajstić information content (AvgIpc) is 2.40. The Labute approximate surface area is 127 Å². The summed E-state index contributed by atoms with van der Waals surface area (Å²) in [5, 5.41) is 7.99. The molecule has 0 aliphatic carbocycles. The molecule has 1 N–H and O–H groups in total. The van der Waals surface area contributed by atoms with Gasteiger partial charge in [0.1, 0.15) is 0 Å². The molecule has 0 aromatic carbocycles. The van der Waals surface area contributed by atoms with Crippen LogP contribution in [0.1, 0.15) is 40.5 Å². The zero-order valence-electron chi connectivity index (χ0n) is 13.3. The van der Waals surface area contributed by atoms with Crippen LogP contribution in [0.25, 0.3) is 0 Å². The lowest BCUT2D eigenvalue weighted by atomic mass is 10.4. The van der Waals surface area contributed by atoms with Crippen molar-refractivity contribution >= 4 is 15.2 Å². The highest BCUT2D eigenvalue weighted by atomic mass is 31.2. The van der Waals surface area contributed by atoms with E-state index in [2.05, 4.69) is 0 Å². The summed E-state index contributed by atoms with van der Waals surface area (Å²) in [5.74, 6) is 0. The zero-order chi connectivity index (χ0) is 16.4. The highest BCUT2D eigenvalue weighted by molar-refractivity contribution is 7.72. The van der Waals surface area contributed by atoms with Gasteiger partial charge in [0.05, 0.1) is 26.4 Å². The van der Waals surface area contributed by atoms with Crippen LogP contribution in [0.15, 0.2) is 0 Å². The number of rotatable bonds is 13. The van der Waals surface area contributed by atoms with Gasteiger partial charge < -0.3 is 23.2 Å². The molecule has 0 aliphatic heterocycles. The van der Waals surface area contributed by atoms with E-state index in [4.69, 9.17) is 23.2 Å². The molecule has 0 atom stereocenters. The molecule has 0 aromatic rings. The predicted octanol–water partition coefficient (Wildman–Crippen LogP) is 3.62. The van der Waals surface area contributed by atoms with Crippen LogP contribution in [0.4, 0.5) is 0 Å². The van der Waals surface area contributed by atoms with E-state index in [0.29, 0.717) is 6.42 Å². The maximum atomic E-state index is 13.0. The fourth-order valence-electron chi connectivity index (χ4n) is 1.90. The fraction of sp³-hybridized carbons (Fsp3) is 1.00. The third-order valence-corrected chi connectivity index (χ3v) is 8.73. The van der Waals surface area contributed by atoms with Gasteiger partial charge in [-0.05, 0) is 40.5 Å². The van der Waals surface area contributed by atoms with E-state index < -0.39 is 20.6 Å². The highest BCUT2D eigenvalue weighted by Gasteiger charge is 2.50. The first kappa shape index (κ1) is 21.3. The predicted molar refractivity (Wildman–Crippen MR) is 81.8 cm³/mol. The quantitative estimate of drug-likeness (QED) is 0.509. The van der Waals surface area contributed by atoms with Crippen molar-refractivity contribution in [3.8, 4) is 0 Å². The van der Waals surface area contributed by atoms with E-state index in [1.54, 1.807) is 27.7 Å². The van der Waals surface area contributed by atoms with Crippen molar-refractivity contribution in [2.75, 3.05) is 33.0 Å². The molecular formula is C12H28O7P2. The van der Waals surface area contributed by atoms with Gasteiger partial charge in [-0.1, -0.05) is 0 Å². The lowest BCUT2D eigenvalue weighted by molar-refractivity contribution is 0.191. The van der Waals surface area contributed by atoms with Crippen LogP contribution in [0.2, 0.25) is 0 Å². The summed E-state index contributed by atoms with van der Waals surface area (Å²) in [6, 6.07) is 0. The molecule has 21 heavy (non-hydrogen) atoms. The van der Waals surface area contributed by atoms with Gasteiger partial charge in [-0.15, -0.1) is 0 Å². The van der Waals surface area contributed by atoms with E-state index in [0.717, 1.165) is 0 Å². The third kappa shape index (κ3) is 6.49. The first-order valence-corrected chi connectivity index (χ1v) is 10.5. The van der Waals surface area contributed by atoms with E-state index in [9.17, 15) is 9.13 Å². The molecule has 0 heterocycles. The van der Waals surface area contributed by atoms with Gasteiger partial charge in [-0.25, -0.2) is 0 Å². The largest absolute Gasteiger partial charge is 0.396 e. The summed E-state index contributed by atoms with van der Waals surface area (Å²) < 4.78 is 47.1. The summed E-state index contributed by atoms with van der Waals surface area (Å²) in [4.78, 5) is 0. The van der Waals surface area contributed by atoms with Gasteiger partial charge in [-0.3, -0.25) is 9.13 Å². The minimum absolute atomic E-state index is 0.118. The fourth-order valence-corrected chi connectivity index (χ4v) is 7.36. The zero-order valence-corrected chi connectivity index (χ0v) is 15.1. The van der Waals surface area contributed by atoms with Crippen molar-refractivity contribution in [3.63, 3.8) is 0 Å². The number of aliphatic hydroxyl groups excluding tert-OH is 1. The standard InChI is InChI=1S/C12H28O7P2/c1-5-16-20(14,17-6-2)12(10-9-11-13)21(15,18-7-3)19-8-4/h12-13H,5-11H2,1-4H3. The minimum Gasteiger partial charge on any atom is -0.396 e. The lowest BCUT2D eigenvalue weighted by Gasteiger charge is -2.31. The summed E-state index contributed by atoms with van der Waals surface area (Å²) in [6.45, 7) is 7.24. The highest BCUT2D eigenvalue weighted by Crippen LogP contribution is 2.71. The van der Waals surface area contributed by atoms with E-state index in [1.165, 1.54) is 0 Å². The van der Waals surface area contributed by atoms with Crippen LogP contribution in [0.3, 0.4) is 0 Å². The van der Waals surface area contributed by atoms with Crippen LogP contribution < -0.4 is 0 Å². The van der Waals surface area contributed by atoms with Crippen LogP contribution >= 0.6 is 15.2 Å². The summed E-state index contributed by atoms with van der Waals surface area (Å²) >= 11 is 0. The van der Waals surface area contributed by atoms with Crippen LogP contribution in [0.5, 0.6) is 0 Å². The Morgan fingerprint density at radius 3 is 1.38 bits per heavy atom. The Balaban J connectivity index is 5.57. The monoisotopic (exact) mass is 346 g/mol. The third-order valence-electron chi connectivity index (χ3n) is 2.59. The van der Waals surface area contributed by atoms with E-state index >= 15 is 0 Å². The van der Waals surface area contributed by atoms with E-state index in [1.807, 2.05) is 0 Å². The van der Waals surface area contributed by atoms with Gasteiger partial charge in [0, 0.05) is 6.61 Å².